The number of carbonyl (C=O) groups is 1. The van der Waals surface area contributed by atoms with Gasteiger partial charge in [0, 0.05) is 32.9 Å². The van der Waals surface area contributed by atoms with Gasteiger partial charge in [-0.1, -0.05) is 17.3 Å². The van der Waals surface area contributed by atoms with Crippen LogP contribution in [0.4, 0.5) is 0 Å². The molecule has 0 bridgehead atoms. The molecule has 1 amide bonds. The van der Waals surface area contributed by atoms with Gasteiger partial charge < -0.3 is 19.9 Å². The molecule has 4 rings (SSSR count). The number of fused-ring (bicyclic) bond motifs is 1. The lowest BCUT2D eigenvalue weighted by molar-refractivity contribution is -0.128. The number of hydrogen-bond donors (Lipinski definition) is 1. The Balaban J connectivity index is 1.41. The molecule has 132 valence electrons. The Kier molecular flexibility index (Phi) is 3.95. The number of benzene rings is 1. The van der Waals surface area contributed by atoms with Crippen LogP contribution in [0.3, 0.4) is 0 Å². The Morgan fingerprint density at radius 1 is 1.40 bits per heavy atom. The van der Waals surface area contributed by atoms with Crippen molar-refractivity contribution in [3.05, 3.63) is 41.0 Å². The molecule has 7 heteroatoms. The van der Waals surface area contributed by atoms with E-state index in [2.05, 4.69) is 22.3 Å². The van der Waals surface area contributed by atoms with Gasteiger partial charge in [-0.15, -0.1) is 0 Å². The summed E-state index contributed by atoms with van der Waals surface area (Å²) in [7, 11) is 0. The molecule has 0 saturated carbocycles. The van der Waals surface area contributed by atoms with E-state index >= 15 is 0 Å². The third kappa shape index (κ3) is 3.11. The molecular formula is C18H22N4O3. The minimum atomic E-state index is -0.734. The second-order valence-corrected chi connectivity index (χ2v) is 6.90. The summed E-state index contributed by atoms with van der Waals surface area (Å²) in [5, 5.41) is 4.07. The lowest BCUT2D eigenvalue weighted by Crippen LogP contribution is -2.41. The predicted octanol–water partition coefficient (Wildman–Crippen LogP) is 1.20. The number of nitrogens with zero attached hydrogens (tertiary/aromatic N) is 3. The molecule has 0 radical (unpaired) electrons. The molecule has 2 aromatic rings. The minimum Gasteiger partial charge on any atom is -0.493 e. The number of hydrogen-bond acceptors (Lipinski definition) is 6. The molecule has 25 heavy (non-hydrogen) atoms. The molecule has 2 N–H and O–H groups in total. The van der Waals surface area contributed by atoms with Gasteiger partial charge in [0.2, 0.25) is 11.8 Å². The molecule has 2 aliphatic rings. The highest BCUT2D eigenvalue weighted by atomic mass is 16.5. The van der Waals surface area contributed by atoms with Crippen LogP contribution in [0.5, 0.6) is 5.75 Å². The monoisotopic (exact) mass is 342 g/mol. The first-order valence-corrected chi connectivity index (χ1v) is 8.65. The first-order chi connectivity index (χ1) is 12.0. The van der Waals surface area contributed by atoms with Crippen molar-refractivity contribution in [3.63, 3.8) is 0 Å². The lowest BCUT2D eigenvalue weighted by Gasteiger charge is -2.19. The molecule has 1 unspecified atom stereocenters. The molecule has 1 saturated heterocycles. The number of aryl methyl sites for hydroxylation is 2. The highest BCUT2D eigenvalue weighted by molar-refractivity contribution is 5.73. The third-order valence-corrected chi connectivity index (χ3v) is 5.03. The van der Waals surface area contributed by atoms with Crippen molar-refractivity contribution in [1.29, 1.82) is 0 Å². The molecule has 1 aromatic carbocycles. The molecule has 3 heterocycles. The van der Waals surface area contributed by atoms with Crippen molar-refractivity contribution in [3.8, 4) is 5.75 Å². The zero-order valence-corrected chi connectivity index (χ0v) is 14.3. The van der Waals surface area contributed by atoms with Crippen LogP contribution in [0.1, 0.15) is 36.2 Å². The van der Waals surface area contributed by atoms with Crippen molar-refractivity contribution in [1.82, 2.24) is 15.0 Å². The van der Waals surface area contributed by atoms with Gasteiger partial charge in [0.1, 0.15) is 11.3 Å². The Hall–Kier alpha value is -2.41. The fraction of sp³-hybridized carbons (Fsp3) is 0.500. The van der Waals surface area contributed by atoms with Crippen LogP contribution >= 0.6 is 0 Å². The Morgan fingerprint density at radius 3 is 3.08 bits per heavy atom. The summed E-state index contributed by atoms with van der Waals surface area (Å²) in [5.41, 5.74) is 8.16. The van der Waals surface area contributed by atoms with Gasteiger partial charge in [-0.3, -0.25) is 4.79 Å². The maximum absolute atomic E-state index is 11.5. The molecule has 7 nitrogen and oxygen atoms in total. The predicted molar refractivity (Wildman–Crippen MR) is 90.1 cm³/mol. The van der Waals surface area contributed by atoms with E-state index in [4.69, 9.17) is 15.0 Å². The van der Waals surface area contributed by atoms with Crippen molar-refractivity contribution in [2.45, 2.75) is 38.1 Å². The fourth-order valence-corrected chi connectivity index (χ4v) is 3.49. The van der Waals surface area contributed by atoms with E-state index in [-0.39, 0.29) is 5.91 Å². The number of ether oxygens (including phenoxy) is 1. The van der Waals surface area contributed by atoms with Crippen LogP contribution in [0, 0.1) is 0 Å². The van der Waals surface area contributed by atoms with Crippen molar-refractivity contribution < 1.29 is 14.1 Å². The second-order valence-electron chi connectivity index (χ2n) is 6.90. The zero-order valence-electron chi connectivity index (χ0n) is 14.3. The van der Waals surface area contributed by atoms with Crippen LogP contribution in [0.2, 0.25) is 0 Å². The largest absolute Gasteiger partial charge is 0.493 e. The highest BCUT2D eigenvalue weighted by Crippen LogP contribution is 2.29. The zero-order chi connectivity index (χ0) is 17.4. The topological polar surface area (TPSA) is 94.5 Å². The summed E-state index contributed by atoms with van der Waals surface area (Å²) in [6.07, 6.45) is 3.13. The molecule has 0 spiro atoms. The summed E-state index contributed by atoms with van der Waals surface area (Å²) >= 11 is 0. The van der Waals surface area contributed by atoms with Gasteiger partial charge in [0.15, 0.2) is 5.82 Å². The Morgan fingerprint density at radius 2 is 2.28 bits per heavy atom. The summed E-state index contributed by atoms with van der Waals surface area (Å²) < 4.78 is 10.9. The van der Waals surface area contributed by atoms with Gasteiger partial charge in [0.25, 0.3) is 0 Å². The number of aromatic nitrogens is 2. The van der Waals surface area contributed by atoms with Gasteiger partial charge in [-0.05, 0) is 30.0 Å². The Labute approximate surface area is 146 Å². The molecule has 1 atom stereocenters. The SMILES string of the molecule is CC(=O)N1CCC(N)(c2nc(CCc3ccc4c(c3)CCO4)no2)C1. The maximum atomic E-state index is 11.5. The summed E-state index contributed by atoms with van der Waals surface area (Å²) in [4.78, 5) is 17.7. The second kappa shape index (κ2) is 6.15. The van der Waals surface area contributed by atoms with Crippen LogP contribution in [0.25, 0.3) is 0 Å². The van der Waals surface area contributed by atoms with Gasteiger partial charge >= 0.3 is 0 Å². The Bertz CT molecular complexity index is 803. The maximum Gasteiger partial charge on any atom is 0.248 e. The number of nitrogens with two attached hydrogens (primary N) is 1. The van der Waals surface area contributed by atoms with Gasteiger partial charge in [-0.25, -0.2) is 0 Å². The normalized spacial score (nSPS) is 22.1. The number of carbonyl (C=O) groups excluding carboxylic acids is 1. The number of rotatable bonds is 4. The third-order valence-electron chi connectivity index (χ3n) is 5.03. The summed E-state index contributed by atoms with van der Waals surface area (Å²) in [6.45, 7) is 3.37. The molecule has 1 fully saturated rings. The van der Waals surface area contributed by atoms with E-state index in [0.717, 1.165) is 25.2 Å². The molecular weight excluding hydrogens is 320 g/mol. The van der Waals surface area contributed by atoms with Crippen molar-refractivity contribution in [2.24, 2.45) is 5.73 Å². The summed E-state index contributed by atoms with van der Waals surface area (Å²) in [5.74, 6) is 2.09. The van der Waals surface area contributed by atoms with Crippen molar-refractivity contribution in [2.75, 3.05) is 19.7 Å². The standard InChI is InChI=1S/C18H22N4O3/c1-12(23)22-8-7-18(19,11-22)17-20-16(21-25-17)5-3-13-2-4-15-14(10-13)6-9-24-15/h2,4,10H,3,5-9,11,19H2,1H3. The molecule has 1 aromatic heterocycles. The molecule has 0 aliphatic carbocycles. The highest BCUT2D eigenvalue weighted by Gasteiger charge is 2.41. The van der Waals surface area contributed by atoms with E-state index in [1.807, 2.05) is 6.07 Å². The smallest absolute Gasteiger partial charge is 0.248 e. The van der Waals surface area contributed by atoms with Crippen molar-refractivity contribution >= 4 is 5.91 Å². The number of likely N-dealkylation sites (tertiary alicyclic amines) is 1. The van der Waals surface area contributed by atoms with E-state index < -0.39 is 5.54 Å². The fourth-order valence-electron chi connectivity index (χ4n) is 3.49. The average molecular weight is 342 g/mol. The van der Waals surface area contributed by atoms with E-state index in [1.54, 1.807) is 11.8 Å². The van der Waals surface area contributed by atoms with E-state index in [9.17, 15) is 4.79 Å². The summed E-state index contributed by atoms with van der Waals surface area (Å²) in [6, 6.07) is 6.30. The van der Waals surface area contributed by atoms with E-state index in [0.29, 0.717) is 37.6 Å². The average Bonchev–Trinajstić information content (AvgIpc) is 3.32. The van der Waals surface area contributed by atoms with Gasteiger partial charge in [-0.2, -0.15) is 4.98 Å². The van der Waals surface area contributed by atoms with Crippen LogP contribution in [-0.4, -0.2) is 40.6 Å². The van der Waals surface area contributed by atoms with Crippen LogP contribution < -0.4 is 10.5 Å². The minimum absolute atomic E-state index is 0.0210. The molecule has 2 aliphatic heterocycles. The van der Waals surface area contributed by atoms with Crippen LogP contribution in [0.15, 0.2) is 22.7 Å². The first kappa shape index (κ1) is 16.1. The number of amides is 1. The van der Waals surface area contributed by atoms with Crippen LogP contribution in [-0.2, 0) is 29.6 Å². The quantitative estimate of drug-likeness (QED) is 0.897. The first-order valence-electron chi connectivity index (χ1n) is 8.65. The van der Waals surface area contributed by atoms with Gasteiger partial charge in [0.05, 0.1) is 6.61 Å². The van der Waals surface area contributed by atoms with E-state index in [1.165, 1.54) is 11.1 Å². The lowest BCUT2D eigenvalue weighted by atomic mass is 10.0.